The maximum atomic E-state index is 12.6. The first kappa shape index (κ1) is 14.9. The number of fused-ring (bicyclic) bond motifs is 2. The topological polar surface area (TPSA) is 20.3 Å². The number of hydrogen-bond donors (Lipinski definition) is 0. The number of nitrogens with zero attached hydrogens (tertiary/aromatic N) is 1. The Kier molecular flexibility index (Phi) is 3.92. The summed E-state index contributed by atoms with van der Waals surface area (Å²) < 4.78 is 0. The lowest BCUT2D eigenvalue weighted by molar-refractivity contribution is 0.0997. The summed E-state index contributed by atoms with van der Waals surface area (Å²) in [6.07, 6.45) is 2.75. The van der Waals surface area contributed by atoms with E-state index in [4.69, 9.17) is 0 Å². The van der Waals surface area contributed by atoms with E-state index in [1.54, 1.807) is 11.3 Å². The molecule has 3 heteroatoms. The molecule has 0 N–H and O–H groups in total. The summed E-state index contributed by atoms with van der Waals surface area (Å²) in [6.45, 7) is 5.62. The summed E-state index contributed by atoms with van der Waals surface area (Å²) in [4.78, 5) is 16.1. The number of ketones is 1. The van der Waals surface area contributed by atoms with Crippen molar-refractivity contribution in [1.82, 2.24) is 4.90 Å². The largest absolute Gasteiger partial charge is 0.303 e. The van der Waals surface area contributed by atoms with Crippen LogP contribution in [0.3, 0.4) is 0 Å². The van der Waals surface area contributed by atoms with Gasteiger partial charge in [0.25, 0.3) is 0 Å². The zero-order valence-electron chi connectivity index (χ0n) is 13.5. The fourth-order valence-corrected chi connectivity index (χ4v) is 4.65. The molecule has 1 aliphatic carbocycles. The Balaban J connectivity index is 1.89. The molecule has 0 bridgehead atoms. The highest BCUT2D eigenvalue weighted by Gasteiger charge is 2.27. The van der Waals surface area contributed by atoms with Gasteiger partial charge in [-0.3, -0.25) is 4.79 Å². The van der Waals surface area contributed by atoms with Gasteiger partial charge in [-0.2, -0.15) is 0 Å². The minimum Gasteiger partial charge on any atom is -0.303 e. The molecule has 1 saturated heterocycles. The molecular formula is C20H21NOS. The van der Waals surface area contributed by atoms with E-state index in [-0.39, 0.29) is 5.78 Å². The molecule has 2 aliphatic rings. The Morgan fingerprint density at radius 3 is 2.65 bits per heavy atom. The van der Waals surface area contributed by atoms with Crippen molar-refractivity contribution in [2.75, 3.05) is 19.6 Å². The van der Waals surface area contributed by atoms with E-state index in [1.807, 2.05) is 6.07 Å². The van der Waals surface area contributed by atoms with E-state index in [1.165, 1.54) is 27.8 Å². The average molecular weight is 323 g/mol. The molecule has 0 saturated carbocycles. The number of carbonyl (C=O) groups is 1. The minimum atomic E-state index is 0.268. The fraction of sp³-hybridized carbons (Fsp3) is 0.350. The van der Waals surface area contributed by atoms with Gasteiger partial charge < -0.3 is 4.90 Å². The smallest absolute Gasteiger partial charge is 0.177 e. The zero-order valence-corrected chi connectivity index (χ0v) is 14.3. The summed E-state index contributed by atoms with van der Waals surface area (Å²) in [6, 6.07) is 10.6. The highest BCUT2D eigenvalue weighted by atomic mass is 32.1. The van der Waals surface area contributed by atoms with Gasteiger partial charge in [-0.1, -0.05) is 36.8 Å². The van der Waals surface area contributed by atoms with Crippen LogP contribution in [0.5, 0.6) is 0 Å². The van der Waals surface area contributed by atoms with Crippen LogP contribution in [0.1, 0.15) is 46.1 Å². The van der Waals surface area contributed by atoms with Crippen molar-refractivity contribution < 1.29 is 4.79 Å². The van der Waals surface area contributed by atoms with Crippen molar-refractivity contribution in [3.05, 3.63) is 62.9 Å². The van der Waals surface area contributed by atoms with Crippen molar-refractivity contribution in [3.63, 3.8) is 0 Å². The molecule has 1 aromatic heterocycles. The van der Waals surface area contributed by atoms with Gasteiger partial charge in [0, 0.05) is 25.1 Å². The van der Waals surface area contributed by atoms with Crippen LogP contribution in [0.15, 0.2) is 41.3 Å². The van der Waals surface area contributed by atoms with E-state index >= 15 is 0 Å². The molecule has 23 heavy (non-hydrogen) atoms. The van der Waals surface area contributed by atoms with Gasteiger partial charge >= 0.3 is 0 Å². The van der Waals surface area contributed by atoms with E-state index in [9.17, 15) is 4.79 Å². The maximum Gasteiger partial charge on any atom is 0.177 e. The SMILES string of the molecule is CCN1CCC(=C2c3ccccc3CC(=O)c3sccc32)CC1. The van der Waals surface area contributed by atoms with E-state index in [2.05, 4.69) is 41.5 Å². The number of piperidine rings is 1. The molecule has 1 aromatic carbocycles. The Bertz CT molecular complexity index is 776. The second-order valence-corrected chi connectivity index (χ2v) is 7.25. The number of benzene rings is 1. The molecule has 0 unspecified atom stereocenters. The van der Waals surface area contributed by atoms with E-state index < -0.39 is 0 Å². The first-order valence-corrected chi connectivity index (χ1v) is 9.29. The first-order valence-electron chi connectivity index (χ1n) is 8.41. The van der Waals surface area contributed by atoms with Gasteiger partial charge in [0.1, 0.15) is 0 Å². The Hall–Kier alpha value is -1.71. The summed E-state index contributed by atoms with van der Waals surface area (Å²) in [5.41, 5.74) is 6.50. The van der Waals surface area contributed by atoms with Crippen molar-refractivity contribution in [3.8, 4) is 0 Å². The van der Waals surface area contributed by atoms with Crippen LogP contribution in [0.2, 0.25) is 0 Å². The van der Waals surface area contributed by atoms with Crippen molar-refractivity contribution >= 4 is 22.7 Å². The van der Waals surface area contributed by atoms with Gasteiger partial charge in [0.15, 0.2) is 5.78 Å². The summed E-state index contributed by atoms with van der Waals surface area (Å²) in [5.74, 6) is 0.268. The third kappa shape index (κ3) is 2.58. The highest BCUT2D eigenvalue weighted by molar-refractivity contribution is 7.12. The molecule has 2 heterocycles. The predicted molar refractivity (Wildman–Crippen MR) is 96.2 cm³/mol. The number of Topliss-reactive ketones (excluding diaryl/α,β-unsaturated/α-hetero) is 1. The summed E-state index contributed by atoms with van der Waals surface area (Å²) >= 11 is 1.60. The number of rotatable bonds is 1. The minimum absolute atomic E-state index is 0.268. The molecule has 118 valence electrons. The maximum absolute atomic E-state index is 12.6. The summed E-state index contributed by atoms with van der Waals surface area (Å²) in [7, 11) is 0. The molecular weight excluding hydrogens is 302 g/mol. The van der Waals surface area contributed by atoms with Crippen LogP contribution in [0, 0.1) is 0 Å². The molecule has 0 spiro atoms. The highest BCUT2D eigenvalue weighted by Crippen LogP contribution is 2.40. The Labute approximate surface area is 141 Å². The van der Waals surface area contributed by atoms with Crippen molar-refractivity contribution in [1.29, 1.82) is 0 Å². The number of carbonyl (C=O) groups excluding carboxylic acids is 1. The average Bonchev–Trinajstić information content (AvgIpc) is 3.03. The first-order chi connectivity index (χ1) is 11.3. The van der Waals surface area contributed by atoms with Crippen LogP contribution < -0.4 is 0 Å². The van der Waals surface area contributed by atoms with Crippen LogP contribution in [0.4, 0.5) is 0 Å². The van der Waals surface area contributed by atoms with Crippen LogP contribution in [-0.4, -0.2) is 30.3 Å². The lowest BCUT2D eigenvalue weighted by Gasteiger charge is -2.29. The standard InChI is InChI=1S/C20H21NOS/c1-2-21-10-7-14(8-11-21)19-16-6-4-3-5-15(16)13-18(22)20-17(19)9-12-23-20/h3-6,9,12H,2,7-8,10-11,13H2,1H3. The van der Waals surface area contributed by atoms with Crippen LogP contribution >= 0.6 is 11.3 Å². The van der Waals surface area contributed by atoms with Gasteiger partial charge in [-0.15, -0.1) is 11.3 Å². The zero-order chi connectivity index (χ0) is 15.8. The quantitative estimate of drug-likeness (QED) is 0.775. The van der Waals surface area contributed by atoms with Crippen LogP contribution in [-0.2, 0) is 6.42 Å². The molecule has 1 fully saturated rings. The third-order valence-corrected chi connectivity index (χ3v) is 6.04. The third-order valence-electron chi connectivity index (χ3n) is 5.09. The Morgan fingerprint density at radius 2 is 1.87 bits per heavy atom. The van der Waals surface area contributed by atoms with E-state index in [0.717, 1.165) is 37.4 Å². The van der Waals surface area contributed by atoms with Gasteiger partial charge in [-0.05, 0) is 47.5 Å². The predicted octanol–water partition coefficient (Wildman–Crippen LogP) is 4.40. The molecule has 4 rings (SSSR count). The second-order valence-electron chi connectivity index (χ2n) is 6.33. The van der Waals surface area contributed by atoms with Crippen LogP contribution in [0.25, 0.3) is 5.57 Å². The monoisotopic (exact) mass is 323 g/mol. The van der Waals surface area contributed by atoms with Crippen molar-refractivity contribution in [2.45, 2.75) is 26.2 Å². The number of likely N-dealkylation sites (tertiary alicyclic amines) is 1. The fourth-order valence-electron chi connectivity index (χ4n) is 3.81. The second kappa shape index (κ2) is 6.06. The number of hydrogen-bond acceptors (Lipinski definition) is 3. The van der Waals surface area contributed by atoms with Gasteiger partial charge in [0.05, 0.1) is 4.88 Å². The molecule has 1 aliphatic heterocycles. The molecule has 2 aromatic rings. The van der Waals surface area contributed by atoms with Crippen molar-refractivity contribution in [2.24, 2.45) is 0 Å². The summed E-state index contributed by atoms with van der Waals surface area (Å²) in [5, 5.41) is 2.07. The van der Waals surface area contributed by atoms with Gasteiger partial charge in [0.2, 0.25) is 0 Å². The number of thiophene rings is 1. The molecule has 0 radical (unpaired) electrons. The molecule has 2 nitrogen and oxygen atoms in total. The molecule has 0 atom stereocenters. The van der Waals surface area contributed by atoms with Gasteiger partial charge in [-0.25, -0.2) is 0 Å². The Morgan fingerprint density at radius 1 is 1.09 bits per heavy atom. The normalized spacial score (nSPS) is 18.6. The molecule has 0 amide bonds. The lowest BCUT2D eigenvalue weighted by atomic mass is 9.88. The lowest BCUT2D eigenvalue weighted by Crippen LogP contribution is -2.30. The van der Waals surface area contributed by atoms with E-state index in [0.29, 0.717) is 6.42 Å².